The molecule has 1 atom stereocenters. The molecule has 0 N–H and O–H groups in total. The van der Waals surface area contributed by atoms with Gasteiger partial charge in [-0.15, -0.1) is 0 Å². The van der Waals surface area contributed by atoms with Crippen LogP contribution in [-0.4, -0.2) is 29.6 Å². The first-order valence-electron chi connectivity index (χ1n) is 10.6. The van der Waals surface area contributed by atoms with E-state index in [1.165, 1.54) is 12.1 Å². The summed E-state index contributed by atoms with van der Waals surface area (Å²) in [7, 11) is 0. The van der Waals surface area contributed by atoms with Gasteiger partial charge in [0.05, 0.1) is 0 Å². The van der Waals surface area contributed by atoms with Gasteiger partial charge in [0, 0.05) is 42.0 Å². The summed E-state index contributed by atoms with van der Waals surface area (Å²) in [4.78, 5) is 15.1. The number of carbonyl (C=O) groups is 1. The molecule has 1 amide bonds. The Balaban J connectivity index is 1.48. The van der Waals surface area contributed by atoms with Gasteiger partial charge in [-0.2, -0.15) is 11.8 Å². The van der Waals surface area contributed by atoms with Crippen molar-refractivity contribution in [3.8, 4) is 0 Å². The van der Waals surface area contributed by atoms with Crippen molar-refractivity contribution in [2.75, 3.05) is 18.8 Å². The van der Waals surface area contributed by atoms with Crippen LogP contribution < -0.4 is 0 Å². The van der Waals surface area contributed by atoms with Gasteiger partial charge in [-0.3, -0.25) is 4.79 Å². The smallest absolute Gasteiger partial charge is 0.223 e. The highest BCUT2D eigenvalue weighted by Crippen LogP contribution is 2.37. The van der Waals surface area contributed by atoms with Crippen LogP contribution in [0.1, 0.15) is 40.7 Å². The SMILES string of the molecule is O=C(CC(c1ccccc1)c1ccccc1)N1CCSC(c2cc(F)ccc2F)CC1. The minimum atomic E-state index is -0.428. The first-order valence-corrected chi connectivity index (χ1v) is 11.6. The van der Waals surface area contributed by atoms with E-state index in [1.807, 2.05) is 41.3 Å². The molecule has 0 radical (unpaired) electrons. The van der Waals surface area contributed by atoms with Gasteiger partial charge in [0.1, 0.15) is 11.6 Å². The molecule has 1 fully saturated rings. The lowest BCUT2D eigenvalue weighted by Crippen LogP contribution is -2.34. The zero-order valence-corrected chi connectivity index (χ0v) is 18.0. The zero-order chi connectivity index (χ0) is 21.6. The minimum absolute atomic E-state index is 0.0118. The Kier molecular flexibility index (Phi) is 7.03. The first-order chi connectivity index (χ1) is 15.1. The summed E-state index contributed by atoms with van der Waals surface area (Å²) in [5, 5.41) is -0.146. The molecule has 0 spiro atoms. The molecule has 0 bridgehead atoms. The lowest BCUT2D eigenvalue weighted by atomic mass is 9.88. The molecule has 160 valence electrons. The van der Waals surface area contributed by atoms with Crippen molar-refractivity contribution < 1.29 is 13.6 Å². The van der Waals surface area contributed by atoms with E-state index < -0.39 is 5.82 Å². The highest BCUT2D eigenvalue weighted by Gasteiger charge is 2.26. The fourth-order valence-electron chi connectivity index (χ4n) is 4.13. The predicted octanol–water partition coefficient (Wildman–Crippen LogP) is 6.19. The van der Waals surface area contributed by atoms with Crippen molar-refractivity contribution in [3.63, 3.8) is 0 Å². The summed E-state index contributed by atoms with van der Waals surface area (Å²) in [6, 6.07) is 23.8. The molecule has 3 aromatic carbocycles. The number of hydrogen-bond donors (Lipinski definition) is 0. The van der Waals surface area contributed by atoms with Gasteiger partial charge >= 0.3 is 0 Å². The highest BCUT2D eigenvalue weighted by atomic mass is 32.2. The van der Waals surface area contributed by atoms with Gasteiger partial charge in [-0.25, -0.2) is 8.78 Å². The maximum absolute atomic E-state index is 14.2. The van der Waals surface area contributed by atoms with Crippen molar-refractivity contribution in [3.05, 3.63) is 107 Å². The van der Waals surface area contributed by atoms with E-state index in [2.05, 4.69) is 24.3 Å². The Hall–Kier alpha value is -2.66. The van der Waals surface area contributed by atoms with Crippen molar-refractivity contribution in [1.82, 2.24) is 4.90 Å². The van der Waals surface area contributed by atoms with Gasteiger partial charge in [-0.1, -0.05) is 60.7 Å². The fraction of sp³-hybridized carbons (Fsp3) is 0.269. The second kappa shape index (κ2) is 10.1. The third kappa shape index (κ3) is 5.34. The summed E-state index contributed by atoms with van der Waals surface area (Å²) < 4.78 is 27.9. The molecule has 0 aromatic heterocycles. The molecular formula is C26H25F2NOS. The van der Waals surface area contributed by atoms with Crippen LogP contribution in [0.25, 0.3) is 0 Å². The number of halogens is 2. The van der Waals surface area contributed by atoms with E-state index >= 15 is 0 Å². The van der Waals surface area contributed by atoms with Crippen LogP contribution in [0.15, 0.2) is 78.9 Å². The monoisotopic (exact) mass is 437 g/mol. The highest BCUT2D eigenvalue weighted by molar-refractivity contribution is 7.99. The second-order valence-electron chi connectivity index (χ2n) is 7.77. The molecule has 2 nitrogen and oxygen atoms in total. The average Bonchev–Trinajstić information content (AvgIpc) is 3.06. The topological polar surface area (TPSA) is 20.3 Å². The number of amides is 1. The van der Waals surface area contributed by atoms with Crippen molar-refractivity contribution in [2.45, 2.75) is 24.0 Å². The summed E-state index contributed by atoms with van der Waals surface area (Å²) >= 11 is 1.59. The average molecular weight is 438 g/mol. The standard InChI is InChI=1S/C26H25F2NOS/c27-21-11-12-24(28)23(17-21)25-13-14-29(15-16-31-25)26(30)18-22(19-7-3-1-4-8-19)20-9-5-2-6-10-20/h1-12,17,22,25H,13-16,18H2. The summed E-state index contributed by atoms with van der Waals surface area (Å²) in [6.07, 6.45) is 0.996. The molecule has 5 heteroatoms. The van der Waals surface area contributed by atoms with Crippen molar-refractivity contribution in [2.24, 2.45) is 0 Å². The van der Waals surface area contributed by atoms with Crippen molar-refractivity contribution in [1.29, 1.82) is 0 Å². The van der Waals surface area contributed by atoms with E-state index in [1.54, 1.807) is 11.8 Å². The van der Waals surface area contributed by atoms with Crippen LogP contribution in [-0.2, 0) is 4.79 Å². The van der Waals surface area contributed by atoms with Crippen LogP contribution in [0.2, 0.25) is 0 Å². The summed E-state index contributed by atoms with van der Waals surface area (Å²) in [5.74, 6) is -0.0242. The van der Waals surface area contributed by atoms with Crippen LogP contribution in [0.3, 0.4) is 0 Å². The number of hydrogen-bond acceptors (Lipinski definition) is 2. The Morgan fingerprint density at radius 2 is 1.58 bits per heavy atom. The minimum Gasteiger partial charge on any atom is -0.342 e. The third-order valence-corrected chi connectivity index (χ3v) is 7.09. The Bertz CT molecular complexity index is 973. The molecule has 31 heavy (non-hydrogen) atoms. The molecule has 0 aliphatic carbocycles. The Morgan fingerprint density at radius 1 is 0.935 bits per heavy atom. The second-order valence-corrected chi connectivity index (χ2v) is 9.08. The van der Waals surface area contributed by atoms with Gasteiger partial charge in [0.25, 0.3) is 0 Å². The fourth-order valence-corrected chi connectivity index (χ4v) is 5.37. The number of carbonyl (C=O) groups excluding carboxylic acids is 1. The molecule has 1 saturated heterocycles. The van der Waals surface area contributed by atoms with Gasteiger partial charge in [-0.05, 0) is 35.7 Å². The lowest BCUT2D eigenvalue weighted by molar-refractivity contribution is -0.131. The van der Waals surface area contributed by atoms with Crippen molar-refractivity contribution >= 4 is 17.7 Å². The van der Waals surface area contributed by atoms with Crippen LogP contribution >= 0.6 is 11.8 Å². The lowest BCUT2D eigenvalue weighted by Gasteiger charge is -2.24. The molecule has 4 rings (SSSR count). The summed E-state index contributed by atoms with van der Waals surface area (Å²) in [5.41, 5.74) is 2.63. The number of benzene rings is 3. The molecule has 1 aliphatic heterocycles. The number of nitrogens with zero attached hydrogens (tertiary/aromatic N) is 1. The zero-order valence-electron chi connectivity index (χ0n) is 17.2. The number of rotatable bonds is 5. The van der Waals surface area contributed by atoms with Crippen LogP contribution in [0.5, 0.6) is 0 Å². The van der Waals surface area contributed by atoms with E-state index in [0.29, 0.717) is 37.2 Å². The van der Waals surface area contributed by atoms with E-state index in [-0.39, 0.29) is 22.9 Å². The quantitative estimate of drug-likeness (QED) is 0.474. The predicted molar refractivity (Wildman–Crippen MR) is 122 cm³/mol. The number of thioether (sulfide) groups is 1. The van der Waals surface area contributed by atoms with Crippen LogP contribution in [0, 0.1) is 11.6 Å². The third-order valence-electron chi connectivity index (χ3n) is 5.78. The Labute approximate surface area is 186 Å². The first kappa shape index (κ1) is 21.6. The van der Waals surface area contributed by atoms with E-state index in [4.69, 9.17) is 0 Å². The molecule has 1 unspecified atom stereocenters. The van der Waals surface area contributed by atoms with E-state index in [9.17, 15) is 13.6 Å². The van der Waals surface area contributed by atoms with Gasteiger partial charge in [0.15, 0.2) is 0 Å². The molecule has 3 aromatic rings. The molecule has 0 saturated carbocycles. The maximum Gasteiger partial charge on any atom is 0.223 e. The normalized spacial score (nSPS) is 16.9. The summed E-state index contributed by atoms with van der Waals surface area (Å²) in [6.45, 7) is 1.16. The Morgan fingerprint density at radius 3 is 2.23 bits per heavy atom. The molecule has 1 heterocycles. The van der Waals surface area contributed by atoms with Gasteiger partial charge in [0.2, 0.25) is 5.91 Å². The maximum atomic E-state index is 14.2. The van der Waals surface area contributed by atoms with E-state index in [0.717, 1.165) is 17.2 Å². The molecular weight excluding hydrogens is 412 g/mol. The van der Waals surface area contributed by atoms with Gasteiger partial charge < -0.3 is 4.90 Å². The van der Waals surface area contributed by atoms with Crippen LogP contribution in [0.4, 0.5) is 8.78 Å². The largest absolute Gasteiger partial charge is 0.342 e. The molecule has 1 aliphatic rings.